The molecule has 76 valence electrons. The Hall–Kier alpha value is -0.900. The highest BCUT2D eigenvalue weighted by atomic mass is 16.4. The van der Waals surface area contributed by atoms with Crippen LogP contribution in [0.25, 0.3) is 0 Å². The van der Waals surface area contributed by atoms with E-state index in [4.69, 9.17) is 10.2 Å². The molecule has 0 aromatic heterocycles. The topological polar surface area (TPSA) is 74.6 Å². The van der Waals surface area contributed by atoms with Crippen LogP contribution in [0.15, 0.2) is 0 Å². The number of aldehydes is 1. The van der Waals surface area contributed by atoms with Crippen molar-refractivity contribution >= 4 is 12.3 Å². The van der Waals surface area contributed by atoms with Crippen LogP contribution in [0.1, 0.15) is 25.7 Å². The Morgan fingerprint density at radius 2 is 2.00 bits per heavy atom. The first-order valence-corrected chi connectivity index (χ1v) is 4.37. The summed E-state index contributed by atoms with van der Waals surface area (Å²) in [6.45, 7) is 0. The molecule has 0 spiro atoms. The molecule has 1 fully saturated rings. The van der Waals surface area contributed by atoms with Crippen LogP contribution in [0.2, 0.25) is 0 Å². The Bertz CT molecular complexity index is 167. The molecule has 13 heavy (non-hydrogen) atoms. The zero-order chi connectivity index (χ0) is 10.3. The number of carboxylic acid groups (broad SMARTS) is 1. The van der Waals surface area contributed by atoms with Crippen LogP contribution in [0.5, 0.6) is 0 Å². The van der Waals surface area contributed by atoms with Gasteiger partial charge in [-0.2, -0.15) is 0 Å². The lowest BCUT2D eigenvalue weighted by Gasteiger charge is -2.21. The van der Waals surface area contributed by atoms with Crippen LogP contribution in [0.3, 0.4) is 0 Å². The van der Waals surface area contributed by atoms with E-state index in [0.29, 0.717) is 6.42 Å². The summed E-state index contributed by atoms with van der Waals surface area (Å²) >= 11 is 0. The fraction of sp³-hybridized carbons (Fsp3) is 0.778. The van der Waals surface area contributed by atoms with Crippen molar-refractivity contribution in [3.05, 3.63) is 0 Å². The van der Waals surface area contributed by atoms with E-state index in [0.717, 1.165) is 32.7 Å². The average Bonchev–Trinajstić information content (AvgIpc) is 2.21. The Labute approximate surface area is 77.6 Å². The van der Waals surface area contributed by atoms with Crippen molar-refractivity contribution in [3.63, 3.8) is 0 Å². The molecule has 0 saturated heterocycles. The summed E-state index contributed by atoms with van der Waals surface area (Å²) in [7, 11) is 1.00. The Balaban J connectivity index is 0.000000671. The van der Waals surface area contributed by atoms with Gasteiger partial charge in [-0.15, -0.1) is 0 Å². The average molecular weight is 188 g/mol. The minimum absolute atomic E-state index is 0.00940. The minimum Gasteiger partial charge on any atom is -0.481 e. The molecule has 1 rings (SSSR count). The molecule has 0 aliphatic heterocycles. The zero-order valence-corrected chi connectivity index (χ0v) is 7.77. The molecule has 2 atom stereocenters. The van der Waals surface area contributed by atoms with Gasteiger partial charge >= 0.3 is 5.97 Å². The lowest BCUT2D eigenvalue weighted by Crippen LogP contribution is -2.23. The third kappa shape index (κ3) is 4.03. The maximum absolute atomic E-state index is 10.5. The minimum atomic E-state index is -0.753. The summed E-state index contributed by atoms with van der Waals surface area (Å²) in [5.74, 6) is -1.04. The van der Waals surface area contributed by atoms with E-state index < -0.39 is 5.97 Å². The van der Waals surface area contributed by atoms with Crippen LogP contribution in [0, 0.1) is 11.8 Å². The SMILES string of the molecule is CO.O=CC1CCCC(C(=O)O)C1. The number of carboxylic acids is 1. The second-order valence-electron chi connectivity index (χ2n) is 3.10. The number of hydrogen-bond acceptors (Lipinski definition) is 3. The summed E-state index contributed by atoms with van der Waals surface area (Å²) < 4.78 is 0. The number of aliphatic hydroxyl groups is 1. The van der Waals surface area contributed by atoms with Gasteiger partial charge in [0.15, 0.2) is 0 Å². The highest BCUT2D eigenvalue weighted by Crippen LogP contribution is 2.27. The molecule has 4 nitrogen and oxygen atoms in total. The summed E-state index contributed by atoms with van der Waals surface area (Å²) in [5, 5.41) is 15.6. The van der Waals surface area contributed by atoms with E-state index in [1.807, 2.05) is 0 Å². The van der Waals surface area contributed by atoms with Gasteiger partial charge in [-0.05, 0) is 19.3 Å². The zero-order valence-electron chi connectivity index (χ0n) is 7.77. The number of hydrogen-bond donors (Lipinski definition) is 2. The van der Waals surface area contributed by atoms with Gasteiger partial charge in [-0.25, -0.2) is 0 Å². The molecule has 2 unspecified atom stereocenters. The van der Waals surface area contributed by atoms with Crippen LogP contribution < -0.4 is 0 Å². The molecule has 0 aromatic carbocycles. The van der Waals surface area contributed by atoms with Crippen LogP contribution in [-0.2, 0) is 9.59 Å². The normalized spacial score (nSPS) is 26.9. The Morgan fingerprint density at radius 1 is 1.38 bits per heavy atom. The van der Waals surface area contributed by atoms with Crippen LogP contribution >= 0.6 is 0 Å². The van der Waals surface area contributed by atoms with Gasteiger partial charge in [0, 0.05) is 13.0 Å². The maximum Gasteiger partial charge on any atom is 0.306 e. The molecule has 0 aromatic rings. The van der Waals surface area contributed by atoms with Crippen molar-refractivity contribution in [2.75, 3.05) is 7.11 Å². The van der Waals surface area contributed by atoms with Crippen molar-refractivity contribution in [1.29, 1.82) is 0 Å². The number of rotatable bonds is 2. The summed E-state index contributed by atoms with van der Waals surface area (Å²) in [6.07, 6.45) is 3.90. The molecule has 4 heteroatoms. The highest BCUT2D eigenvalue weighted by molar-refractivity contribution is 5.71. The van der Waals surface area contributed by atoms with Gasteiger partial charge < -0.3 is 15.0 Å². The highest BCUT2D eigenvalue weighted by Gasteiger charge is 2.26. The quantitative estimate of drug-likeness (QED) is 0.625. The van der Waals surface area contributed by atoms with Gasteiger partial charge in [0.2, 0.25) is 0 Å². The van der Waals surface area contributed by atoms with E-state index in [1.54, 1.807) is 0 Å². The summed E-state index contributed by atoms with van der Waals surface area (Å²) in [4.78, 5) is 20.8. The van der Waals surface area contributed by atoms with Crippen molar-refractivity contribution in [2.45, 2.75) is 25.7 Å². The second-order valence-corrected chi connectivity index (χ2v) is 3.10. The number of aliphatic hydroxyl groups excluding tert-OH is 1. The standard InChI is InChI=1S/C8H12O3.CH4O/c9-5-6-2-1-3-7(4-6)8(10)11;1-2/h5-7H,1-4H2,(H,10,11);2H,1H3. The first-order chi connectivity index (χ1) is 6.24. The van der Waals surface area contributed by atoms with Crippen LogP contribution in [0.4, 0.5) is 0 Å². The molecule has 2 N–H and O–H groups in total. The maximum atomic E-state index is 10.5. The van der Waals surface area contributed by atoms with E-state index in [2.05, 4.69) is 0 Å². The molecule has 1 aliphatic carbocycles. The summed E-state index contributed by atoms with van der Waals surface area (Å²) in [5.41, 5.74) is 0. The molecule has 1 aliphatic rings. The van der Waals surface area contributed by atoms with Crippen molar-refractivity contribution in [1.82, 2.24) is 0 Å². The lowest BCUT2D eigenvalue weighted by atomic mass is 9.82. The Kier molecular flexibility index (Phi) is 6.14. The van der Waals surface area contributed by atoms with E-state index in [9.17, 15) is 9.59 Å². The number of carbonyl (C=O) groups is 2. The van der Waals surface area contributed by atoms with Crippen molar-refractivity contribution in [2.24, 2.45) is 11.8 Å². The van der Waals surface area contributed by atoms with Crippen LogP contribution in [-0.4, -0.2) is 29.6 Å². The predicted molar refractivity (Wildman–Crippen MR) is 47.3 cm³/mol. The largest absolute Gasteiger partial charge is 0.481 e. The smallest absolute Gasteiger partial charge is 0.306 e. The third-order valence-electron chi connectivity index (χ3n) is 2.26. The fourth-order valence-corrected chi connectivity index (χ4v) is 1.58. The lowest BCUT2D eigenvalue weighted by molar-refractivity contribution is -0.143. The summed E-state index contributed by atoms with van der Waals surface area (Å²) in [6, 6.07) is 0. The van der Waals surface area contributed by atoms with E-state index in [1.165, 1.54) is 0 Å². The molecule has 1 saturated carbocycles. The van der Waals surface area contributed by atoms with Gasteiger partial charge in [-0.1, -0.05) is 6.42 Å². The van der Waals surface area contributed by atoms with Crippen molar-refractivity contribution in [3.8, 4) is 0 Å². The van der Waals surface area contributed by atoms with E-state index in [-0.39, 0.29) is 11.8 Å². The molecule has 0 heterocycles. The molecular weight excluding hydrogens is 172 g/mol. The predicted octanol–water partition coefficient (Wildman–Crippen LogP) is 0.685. The molecule has 0 bridgehead atoms. The first-order valence-electron chi connectivity index (χ1n) is 4.37. The molecular formula is C9H16O4. The van der Waals surface area contributed by atoms with Gasteiger partial charge in [-0.3, -0.25) is 4.79 Å². The number of aliphatic carboxylic acids is 1. The fourth-order valence-electron chi connectivity index (χ4n) is 1.58. The second kappa shape index (κ2) is 6.60. The molecule has 0 amide bonds. The van der Waals surface area contributed by atoms with Gasteiger partial charge in [0.05, 0.1) is 5.92 Å². The third-order valence-corrected chi connectivity index (χ3v) is 2.26. The molecule has 0 radical (unpaired) electrons. The monoisotopic (exact) mass is 188 g/mol. The van der Waals surface area contributed by atoms with E-state index >= 15 is 0 Å². The van der Waals surface area contributed by atoms with Crippen molar-refractivity contribution < 1.29 is 19.8 Å². The van der Waals surface area contributed by atoms with Gasteiger partial charge in [0.25, 0.3) is 0 Å². The first kappa shape index (κ1) is 12.1. The Morgan fingerprint density at radius 3 is 2.46 bits per heavy atom. The van der Waals surface area contributed by atoms with Gasteiger partial charge in [0.1, 0.15) is 6.29 Å². The number of carbonyl (C=O) groups excluding carboxylic acids is 1.